The van der Waals surface area contributed by atoms with Crippen molar-refractivity contribution in [3.8, 4) is 0 Å². The Morgan fingerprint density at radius 3 is 2.24 bits per heavy atom. The van der Waals surface area contributed by atoms with E-state index < -0.39 is 28.8 Å². The average molecular weight is 491 g/mol. The van der Waals surface area contributed by atoms with Gasteiger partial charge in [0, 0.05) is 11.4 Å². The summed E-state index contributed by atoms with van der Waals surface area (Å²) in [5, 5.41) is 12.5. The molecule has 3 aromatic rings. The highest BCUT2D eigenvalue weighted by molar-refractivity contribution is 6.31. The van der Waals surface area contributed by atoms with Gasteiger partial charge in [0.1, 0.15) is 0 Å². The molecule has 3 rings (SSSR count). The van der Waals surface area contributed by atoms with Crippen molar-refractivity contribution in [1.29, 1.82) is 0 Å². The zero-order chi connectivity index (χ0) is 24.7. The first-order valence-electron chi connectivity index (χ1n) is 9.89. The van der Waals surface area contributed by atoms with E-state index in [4.69, 9.17) is 16.3 Å². The van der Waals surface area contributed by atoms with Crippen LogP contribution in [0.3, 0.4) is 0 Å². The number of ether oxygens (including phenoxy) is 1. The zero-order valence-corrected chi connectivity index (χ0v) is 18.4. The Kier molecular flexibility index (Phi) is 7.85. The van der Waals surface area contributed by atoms with Gasteiger partial charge >= 0.3 is 18.2 Å². The van der Waals surface area contributed by atoms with Crippen molar-refractivity contribution in [2.75, 3.05) is 17.2 Å². The van der Waals surface area contributed by atoms with E-state index in [1.54, 1.807) is 55.5 Å². The summed E-state index contributed by atoms with van der Waals surface area (Å²) in [5.41, 5.74) is 0.546. The number of urea groups is 1. The van der Waals surface area contributed by atoms with Crippen molar-refractivity contribution < 1.29 is 27.5 Å². The molecule has 0 aliphatic rings. The highest BCUT2D eigenvalue weighted by atomic mass is 35.5. The standard InChI is InChI=1S/C23H18ClF3N4O3/c1-2-34-21(32)14-4-3-5-18(12-14)31-30-16-8-6-15(7-9-16)28-22(33)29-17-10-11-20(24)19(13-17)23(25,26)27/h3-13H,2H2,1H3,(H2,28,29,33). The lowest BCUT2D eigenvalue weighted by Crippen LogP contribution is -2.19. The molecule has 34 heavy (non-hydrogen) atoms. The minimum absolute atomic E-state index is 0.0651. The molecule has 2 N–H and O–H groups in total. The second-order valence-electron chi connectivity index (χ2n) is 6.79. The first-order valence-corrected chi connectivity index (χ1v) is 10.3. The molecule has 0 radical (unpaired) electrons. The first-order chi connectivity index (χ1) is 16.2. The third-order valence-corrected chi connectivity index (χ3v) is 4.62. The number of halogens is 4. The number of esters is 1. The second-order valence-corrected chi connectivity index (χ2v) is 7.20. The minimum Gasteiger partial charge on any atom is -0.462 e. The zero-order valence-electron chi connectivity index (χ0n) is 17.7. The van der Waals surface area contributed by atoms with Gasteiger partial charge in [0.15, 0.2) is 0 Å². The molecule has 0 unspecified atom stereocenters. The molecule has 0 aromatic heterocycles. The maximum atomic E-state index is 13.0. The van der Waals surface area contributed by atoms with Crippen LogP contribution < -0.4 is 10.6 Å². The number of carbonyl (C=O) groups is 2. The van der Waals surface area contributed by atoms with Crippen LogP contribution in [0.5, 0.6) is 0 Å². The van der Waals surface area contributed by atoms with E-state index in [0.717, 1.165) is 12.1 Å². The van der Waals surface area contributed by atoms with Gasteiger partial charge in [0.25, 0.3) is 0 Å². The van der Waals surface area contributed by atoms with E-state index in [1.807, 2.05) is 0 Å². The summed E-state index contributed by atoms with van der Waals surface area (Å²) < 4.78 is 43.8. The molecule has 0 saturated carbocycles. The summed E-state index contributed by atoms with van der Waals surface area (Å²) in [7, 11) is 0. The number of anilines is 2. The first kappa shape index (κ1) is 24.7. The third-order valence-electron chi connectivity index (χ3n) is 4.29. The lowest BCUT2D eigenvalue weighted by molar-refractivity contribution is -0.137. The average Bonchev–Trinajstić information content (AvgIpc) is 2.79. The molecule has 2 amide bonds. The summed E-state index contributed by atoms with van der Waals surface area (Å²) in [6.45, 7) is 1.97. The van der Waals surface area contributed by atoms with E-state index in [1.165, 1.54) is 6.07 Å². The van der Waals surface area contributed by atoms with Gasteiger partial charge in [-0.2, -0.15) is 23.4 Å². The van der Waals surface area contributed by atoms with Crippen molar-refractivity contribution in [1.82, 2.24) is 0 Å². The van der Waals surface area contributed by atoms with Gasteiger partial charge in [0.2, 0.25) is 0 Å². The normalized spacial score (nSPS) is 11.3. The van der Waals surface area contributed by atoms with Crippen molar-refractivity contribution in [2.24, 2.45) is 10.2 Å². The molecule has 7 nitrogen and oxygen atoms in total. The van der Waals surface area contributed by atoms with E-state index in [-0.39, 0.29) is 12.3 Å². The molecule has 0 atom stereocenters. The van der Waals surface area contributed by atoms with Crippen molar-refractivity contribution >= 4 is 46.4 Å². The van der Waals surface area contributed by atoms with Crippen molar-refractivity contribution in [3.05, 3.63) is 82.9 Å². The predicted molar refractivity (Wildman–Crippen MR) is 122 cm³/mol. The Morgan fingerprint density at radius 2 is 1.56 bits per heavy atom. The molecule has 176 valence electrons. The topological polar surface area (TPSA) is 92.2 Å². The van der Waals surface area contributed by atoms with Gasteiger partial charge in [-0.15, -0.1) is 0 Å². The van der Waals surface area contributed by atoms with E-state index in [9.17, 15) is 22.8 Å². The van der Waals surface area contributed by atoms with Crippen LogP contribution in [0.1, 0.15) is 22.8 Å². The summed E-state index contributed by atoms with van der Waals surface area (Å²) in [6.07, 6.45) is -4.64. The van der Waals surface area contributed by atoms with Crippen LogP contribution in [-0.4, -0.2) is 18.6 Å². The number of amides is 2. The monoisotopic (exact) mass is 490 g/mol. The third kappa shape index (κ3) is 6.79. The van der Waals surface area contributed by atoms with Crippen molar-refractivity contribution in [3.63, 3.8) is 0 Å². The van der Waals surface area contributed by atoms with Crippen LogP contribution in [0.15, 0.2) is 77.0 Å². The molecule has 0 heterocycles. The molecule has 11 heteroatoms. The highest BCUT2D eigenvalue weighted by Crippen LogP contribution is 2.36. The largest absolute Gasteiger partial charge is 0.462 e. The number of nitrogens with one attached hydrogen (secondary N) is 2. The van der Waals surface area contributed by atoms with Gasteiger partial charge in [-0.25, -0.2) is 9.59 Å². The SMILES string of the molecule is CCOC(=O)c1cccc(N=Nc2ccc(NC(=O)Nc3ccc(Cl)c(C(F)(F)F)c3)cc2)c1. The number of carbonyl (C=O) groups excluding carboxylic acids is 2. The summed E-state index contributed by atoms with van der Waals surface area (Å²) in [4.78, 5) is 23.9. The fraction of sp³-hybridized carbons (Fsp3) is 0.130. The van der Waals surface area contributed by atoms with Gasteiger partial charge in [-0.05, 0) is 67.6 Å². The Balaban J connectivity index is 1.61. The Morgan fingerprint density at radius 1 is 0.912 bits per heavy atom. The van der Waals surface area contributed by atoms with Crippen LogP contribution >= 0.6 is 11.6 Å². The summed E-state index contributed by atoms with van der Waals surface area (Å²) in [6, 6.07) is 15.1. The fourth-order valence-corrected chi connectivity index (χ4v) is 2.97. The Hall–Kier alpha value is -3.92. The van der Waals surface area contributed by atoms with Gasteiger partial charge < -0.3 is 15.4 Å². The molecule has 0 aliphatic carbocycles. The highest BCUT2D eigenvalue weighted by Gasteiger charge is 2.33. The molecular weight excluding hydrogens is 473 g/mol. The number of rotatable bonds is 6. The molecule has 3 aromatic carbocycles. The van der Waals surface area contributed by atoms with Gasteiger partial charge in [-0.3, -0.25) is 0 Å². The Bertz CT molecular complexity index is 1210. The lowest BCUT2D eigenvalue weighted by atomic mass is 10.2. The fourth-order valence-electron chi connectivity index (χ4n) is 2.75. The lowest BCUT2D eigenvalue weighted by Gasteiger charge is -2.12. The van der Waals surface area contributed by atoms with E-state index in [2.05, 4.69) is 20.9 Å². The molecule has 0 spiro atoms. The van der Waals surface area contributed by atoms with Crippen LogP contribution in [0, 0.1) is 0 Å². The predicted octanol–water partition coefficient (Wildman–Crippen LogP) is 7.59. The molecule has 0 saturated heterocycles. The van der Waals surface area contributed by atoms with Crippen LogP contribution in [0.4, 0.5) is 40.7 Å². The minimum atomic E-state index is -4.64. The molecular formula is C23H18ClF3N4O3. The smallest absolute Gasteiger partial charge is 0.417 e. The number of nitrogens with zero attached hydrogens (tertiary/aromatic N) is 2. The van der Waals surface area contributed by atoms with E-state index in [0.29, 0.717) is 22.6 Å². The maximum absolute atomic E-state index is 13.0. The number of hydrogen-bond acceptors (Lipinski definition) is 5. The van der Waals surface area contributed by atoms with Gasteiger partial charge in [-0.1, -0.05) is 17.7 Å². The number of azo groups is 1. The van der Waals surface area contributed by atoms with Gasteiger partial charge in [0.05, 0.1) is 34.1 Å². The van der Waals surface area contributed by atoms with Crippen LogP contribution in [0.25, 0.3) is 0 Å². The molecule has 0 aliphatic heterocycles. The number of hydrogen-bond donors (Lipinski definition) is 2. The second kappa shape index (κ2) is 10.8. The van der Waals surface area contributed by atoms with Crippen molar-refractivity contribution in [2.45, 2.75) is 13.1 Å². The summed E-state index contributed by atoms with van der Waals surface area (Å²) in [5.74, 6) is -0.457. The van der Waals surface area contributed by atoms with E-state index >= 15 is 0 Å². The Labute approximate surface area is 197 Å². The molecule has 0 fully saturated rings. The summed E-state index contributed by atoms with van der Waals surface area (Å²) >= 11 is 5.58. The quantitative estimate of drug-likeness (QED) is 0.275. The van der Waals surface area contributed by atoms with Crippen LogP contribution in [-0.2, 0) is 10.9 Å². The maximum Gasteiger partial charge on any atom is 0.417 e. The number of alkyl halides is 3. The number of benzene rings is 3. The van der Waals surface area contributed by atoms with Crippen LogP contribution in [0.2, 0.25) is 5.02 Å². The molecule has 0 bridgehead atoms.